The van der Waals surface area contributed by atoms with Crippen molar-refractivity contribution in [2.45, 2.75) is 20.1 Å². The maximum atomic E-state index is 14.1. The van der Waals surface area contributed by atoms with Crippen LogP contribution in [0, 0.1) is 34.5 Å². The summed E-state index contributed by atoms with van der Waals surface area (Å²) in [6.45, 7) is 3.03. The third kappa shape index (κ3) is 4.07. The molecule has 5 nitrogen and oxygen atoms in total. The molecule has 0 saturated carbocycles. The Kier molecular flexibility index (Phi) is 6.46. The summed E-state index contributed by atoms with van der Waals surface area (Å²) < 4.78 is 84.7. The van der Waals surface area contributed by atoms with E-state index in [-0.39, 0.29) is 0 Å². The molecule has 0 unspecified atom stereocenters. The van der Waals surface area contributed by atoms with E-state index < -0.39 is 65.5 Å². The summed E-state index contributed by atoms with van der Waals surface area (Å²) in [4.78, 5) is 13.1. The topological polar surface area (TPSA) is 56.8 Å². The van der Waals surface area contributed by atoms with E-state index in [1.807, 2.05) is 25.1 Å². The Labute approximate surface area is 191 Å². The van der Waals surface area contributed by atoms with Crippen LogP contribution in [0.4, 0.5) is 27.6 Å². The second-order valence-electron chi connectivity index (χ2n) is 8.04. The highest BCUT2D eigenvalue weighted by Gasteiger charge is 2.42. The molecule has 0 atom stereocenters. The zero-order chi connectivity index (χ0) is 24.6. The number of anilines is 1. The molecule has 1 aliphatic rings. The van der Waals surface area contributed by atoms with Crippen LogP contribution < -0.4 is 10.1 Å². The number of benzene rings is 3. The summed E-state index contributed by atoms with van der Waals surface area (Å²) in [6.07, 6.45) is -1.86. The quantitative estimate of drug-likeness (QED) is 0.292. The van der Waals surface area contributed by atoms with Gasteiger partial charge in [0, 0.05) is 16.5 Å². The van der Waals surface area contributed by atoms with E-state index in [1.165, 1.54) is 6.92 Å². The molecule has 0 aromatic heterocycles. The van der Waals surface area contributed by atoms with Crippen molar-refractivity contribution in [1.82, 2.24) is 0 Å². The average molecular weight is 481 g/mol. The van der Waals surface area contributed by atoms with Gasteiger partial charge in [-0.3, -0.25) is 4.79 Å². The number of fused-ring (bicyclic) bond motifs is 1. The largest absolute Gasteiger partial charge is 0.493 e. The van der Waals surface area contributed by atoms with Crippen molar-refractivity contribution in [1.29, 1.82) is 0 Å². The maximum absolute atomic E-state index is 14.1. The van der Waals surface area contributed by atoms with Crippen LogP contribution in [-0.2, 0) is 14.3 Å². The van der Waals surface area contributed by atoms with Crippen LogP contribution in [0.15, 0.2) is 36.4 Å². The summed E-state index contributed by atoms with van der Waals surface area (Å²) in [7, 11) is 0. The lowest BCUT2D eigenvalue weighted by Crippen LogP contribution is -2.46. The van der Waals surface area contributed by atoms with E-state index in [2.05, 4.69) is 5.32 Å². The minimum absolute atomic E-state index is 0.391. The monoisotopic (exact) mass is 481 g/mol. The van der Waals surface area contributed by atoms with Crippen molar-refractivity contribution < 1.29 is 41.0 Å². The van der Waals surface area contributed by atoms with Gasteiger partial charge in [0.2, 0.25) is 11.7 Å². The smallest absolute Gasteiger partial charge is 0.235 e. The van der Waals surface area contributed by atoms with Gasteiger partial charge in [0.05, 0.1) is 30.8 Å². The predicted octanol–water partition coefficient (Wildman–Crippen LogP) is 5.62. The number of amides is 1. The molecule has 180 valence electrons. The molecular formula is C24H20F5NO4. The lowest BCUT2D eigenvalue weighted by molar-refractivity contribution is -0.228. The molecule has 1 saturated heterocycles. The third-order valence-corrected chi connectivity index (χ3v) is 5.57. The van der Waals surface area contributed by atoms with E-state index in [4.69, 9.17) is 14.2 Å². The van der Waals surface area contributed by atoms with Crippen LogP contribution in [0.25, 0.3) is 10.8 Å². The summed E-state index contributed by atoms with van der Waals surface area (Å²) in [5.41, 5.74) is -2.05. The van der Waals surface area contributed by atoms with Crippen molar-refractivity contribution in [3.63, 3.8) is 0 Å². The normalized spacial score (nSPS) is 20.4. The minimum Gasteiger partial charge on any atom is -0.493 e. The van der Waals surface area contributed by atoms with Crippen LogP contribution in [0.2, 0.25) is 0 Å². The highest BCUT2D eigenvalue weighted by molar-refractivity contribution is 6.05. The second-order valence-corrected chi connectivity index (χ2v) is 8.04. The van der Waals surface area contributed by atoms with Crippen molar-refractivity contribution in [2.24, 2.45) is 5.41 Å². The number of halogens is 5. The second kappa shape index (κ2) is 9.19. The number of carbonyl (C=O) groups excluding carboxylic acids is 1. The molecule has 34 heavy (non-hydrogen) atoms. The number of nitrogens with one attached hydrogen (secondary N) is 1. The van der Waals surface area contributed by atoms with Crippen molar-refractivity contribution >= 4 is 22.4 Å². The van der Waals surface area contributed by atoms with Crippen LogP contribution in [-0.4, -0.2) is 25.7 Å². The van der Waals surface area contributed by atoms with Gasteiger partial charge in [-0.1, -0.05) is 24.3 Å². The van der Waals surface area contributed by atoms with Crippen LogP contribution >= 0.6 is 0 Å². The molecule has 1 N–H and O–H groups in total. The number of hydrogen-bond acceptors (Lipinski definition) is 4. The van der Waals surface area contributed by atoms with E-state index in [1.54, 1.807) is 18.2 Å². The maximum Gasteiger partial charge on any atom is 0.235 e. The van der Waals surface area contributed by atoms with E-state index in [9.17, 15) is 26.7 Å². The van der Waals surface area contributed by atoms with Crippen LogP contribution in [0.1, 0.15) is 25.7 Å². The number of carbonyl (C=O) groups is 1. The minimum atomic E-state index is -2.28. The molecule has 0 spiro atoms. The standard InChI is InChI=1S/C24H20F5NO4/c1-3-32-15-9-8-14(12-6-4-5-7-13(12)15)30-23(31)24(2)10-33-22(34-11-24)16-17(25)19(27)21(29)20(28)18(16)26/h4-9,22H,3,10-11H2,1-2H3,(H,30,31). The fourth-order valence-corrected chi connectivity index (χ4v) is 3.67. The van der Waals surface area contributed by atoms with Crippen LogP contribution in [0.5, 0.6) is 5.75 Å². The first-order chi connectivity index (χ1) is 16.2. The zero-order valence-electron chi connectivity index (χ0n) is 18.2. The Hall–Kier alpha value is -3.24. The first kappa shape index (κ1) is 23.9. The lowest BCUT2D eigenvalue weighted by Gasteiger charge is -2.36. The molecule has 3 aromatic rings. The summed E-state index contributed by atoms with van der Waals surface area (Å²) >= 11 is 0. The Morgan fingerprint density at radius 2 is 1.50 bits per heavy atom. The van der Waals surface area contributed by atoms with Gasteiger partial charge >= 0.3 is 0 Å². The summed E-state index contributed by atoms with van der Waals surface area (Å²) in [6, 6.07) is 10.7. The van der Waals surface area contributed by atoms with E-state index in [0.717, 1.165) is 10.8 Å². The van der Waals surface area contributed by atoms with Gasteiger partial charge in [-0.05, 0) is 26.0 Å². The molecule has 0 radical (unpaired) electrons. The highest BCUT2D eigenvalue weighted by atomic mass is 19.2. The SMILES string of the molecule is CCOc1ccc(NC(=O)C2(C)COC(c3c(F)c(F)c(F)c(F)c3F)OC2)c2ccccc12. The predicted molar refractivity (Wildman–Crippen MR) is 113 cm³/mol. The van der Waals surface area contributed by atoms with Crippen molar-refractivity contribution in [2.75, 3.05) is 25.1 Å². The lowest BCUT2D eigenvalue weighted by atomic mass is 9.90. The molecule has 3 aromatic carbocycles. The van der Waals surface area contributed by atoms with Crippen LogP contribution in [0.3, 0.4) is 0 Å². The molecule has 1 fully saturated rings. The van der Waals surface area contributed by atoms with Gasteiger partial charge in [-0.25, -0.2) is 22.0 Å². The molecule has 4 rings (SSSR count). The fourth-order valence-electron chi connectivity index (χ4n) is 3.67. The van der Waals surface area contributed by atoms with E-state index in [0.29, 0.717) is 18.0 Å². The third-order valence-electron chi connectivity index (χ3n) is 5.57. The molecule has 1 aliphatic heterocycles. The van der Waals surface area contributed by atoms with Gasteiger partial charge in [0.1, 0.15) is 5.75 Å². The molecule has 0 aliphatic carbocycles. The van der Waals surface area contributed by atoms with Gasteiger partial charge in [0.15, 0.2) is 29.6 Å². The number of hydrogen-bond donors (Lipinski definition) is 1. The molecule has 1 amide bonds. The first-order valence-corrected chi connectivity index (χ1v) is 10.4. The summed E-state index contributed by atoms with van der Waals surface area (Å²) in [5, 5.41) is 4.31. The van der Waals surface area contributed by atoms with Gasteiger partial charge in [-0.15, -0.1) is 0 Å². The van der Waals surface area contributed by atoms with Gasteiger partial charge in [0.25, 0.3) is 0 Å². The average Bonchev–Trinajstić information content (AvgIpc) is 2.84. The zero-order valence-corrected chi connectivity index (χ0v) is 18.2. The van der Waals surface area contributed by atoms with Crippen molar-refractivity contribution in [3.05, 3.63) is 71.0 Å². The molecule has 1 heterocycles. The number of rotatable bonds is 5. The Morgan fingerprint density at radius 3 is 2.09 bits per heavy atom. The van der Waals surface area contributed by atoms with Gasteiger partial charge in [-0.2, -0.15) is 0 Å². The van der Waals surface area contributed by atoms with Gasteiger partial charge < -0.3 is 19.5 Å². The Morgan fingerprint density at radius 1 is 0.941 bits per heavy atom. The molecule has 10 heteroatoms. The highest BCUT2D eigenvalue weighted by Crippen LogP contribution is 2.38. The Balaban J connectivity index is 1.54. The fraction of sp³-hybridized carbons (Fsp3) is 0.292. The Bertz CT molecular complexity index is 1230. The van der Waals surface area contributed by atoms with E-state index >= 15 is 0 Å². The summed E-state index contributed by atoms with van der Waals surface area (Å²) in [5.74, 6) is -10.4. The number of ether oxygens (including phenoxy) is 3. The van der Waals surface area contributed by atoms with Crippen molar-refractivity contribution in [3.8, 4) is 5.75 Å². The molecule has 0 bridgehead atoms. The first-order valence-electron chi connectivity index (χ1n) is 10.4. The molecular weight excluding hydrogens is 461 g/mol.